The van der Waals surface area contributed by atoms with Crippen LogP contribution in [0.3, 0.4) is 0 Å². The molecule has 1 N–H and O–H groups in total. The lowest BCUT2D eigenvalue weighted by Gasteiger charge is -2.10. The van der Waals surface area contributed by atoms with Crippen molar-refractivity contribution in [2.75, 3.05) is 12.1 Å². The molecule has 0 aliphatic carbocycles. The maximum atomic E-state index is 12.5. The van der Waals surface area contributed by atoms with Gasteiger partial charge in [-0.3, -0.25) is 23.3 Å². The normalized spacial score (nSPS) is 12.6. The van der Waals surface area contributed by atoms with E-state index in [0.29, 0.717) is 17.2 Å². The van der Waals surface area contributed by atoms with Crippen molar-refractivity contribution in [1.29, 1.82) is 0 Å². The van der Waals surface area contributed by atoms with Gasteiger partial charge >= 0.3 is 5.69 Å². The van der Waals surface area contributed by atoms with Crippen molar-refractivity contribution in [2.24, 2.45) is 14.1 Å². The lowest BCUT2D eigenvalue weighted by atomic mass is 10.3. The molecule has 0 bridgehead atoms. The number of rotatable bonds is 3. The smallest absolute Gasteiger partial charge is 0.332 e. The topological polar surface area (TPSA) is 109 Å². The maximum Gasteiger partial charge on any atom is 0.332 e. The molecule has 1 aliphatic heterocycles. The van der Waals surface area contributed by atoms with E-state index in [1.54, 1.807) is 18.2 Å². The number of carbonyl (C=O) groups is 1. The average Bonchev–Trinajstić information content (AvgIpc) is 3.22. The van der Waals surface area contributed by atoms with E-state index in [1.807, 2.05) is 0 Å². The first-order chi connectivity index (χ1) is 12.9. The Morgan fingerprint density at radius 1 is 1.22 bits per heavy atom. The number of anilines is 1. The lowest BCUT2D eigenvalue weighted by Crippen LogP contribution is -2.37. The molecular formula is C16H14BrN5O5. The first-order valence-electron chi connectivity index (χ1n) is 7.88. The first-order valence-corrected chi connectivity index (χ1v) is 8.67. The zero-order chi connectivity index (χ0) is 19.3. The minimum Gasteiger partial charge on any atom is -0.454 e. The van der Waals surface area contributed by atoms with Crippen LogP contribution >= 0.6 is 15.9 Å². The maximum absolute atomic E-state index is 12.5. The average molecular weight is 436 g/mol. The fourth-order valence-electron chi connectivity index (χ4n) is 2.92. The molecule has 0 atom stereocenters. The fraction of sp³-hybridized carbons (Fsp3) is 0.250. The Morgan fingerprint density at radius 2 is 1.96 bits per heavy atom. The van der Waals surface area contributed by atoms with Crippen molar-refractivity contribution in [2.45, 2.75) is 6.54 Å². The number of ether oxygens (including phenoxy) is 2. The minimum absolute atomic E-state index is 0.0994. The number of imidazole rings is 1. The zero-order valence-electron chi connectivity index (χ0n) is 14.4. The van der Waals surface area contributed by atoms with Gasteiger partial charge in [0, 0.05) is 25.8 Å². The Kier molecular flexibility index (Phi) is 4.02. The Bertz CT molecular complexity index is 1210. The molecule has 27 heavy (non-hydrogen) atoms. The van der Waals surface area contributed by atoms with Gasteiger partial charge in [0.05, 0.1) is 0 Å². The number of halogens is 1. The molecule has 4 rings (SSSR count). The highest BCUT2D eigenvalue weighted by atomic mass is 79.9. The molecule has 3 aromatic rings. The van der Waals surface area contributed by atoms with Crippen LogP contribution in [0.5, 0.6) is 11.5 Å². The number of benzene rings is 1. The number of aryl methyl sites for hydroxylation is 1. The summed E-state index contributed by atoms with van der Waals surface area (Å²) >= 11 is 3.25. The van der Waals surface area contributed by atoms with Gasteiger partial charge in [-0.25, -0.2) is 9.78 Å². The number of fused-ring (bicyclic) bond motifs is 2. The van der Waals surface area contributed by atoms with Crippen LogP contribution in [0.4, 0.5) is 5.69 Å². The molecule has 11 heteroatoms. The molecule has 1 aromatic carbocycles. The molecular weight excluding hydrogens is 422 g/mol. The van der Waals surface area contributed by atoms with E-state index in [-0.39, 0.29) is 35.1 Å². The predicted molar refractivity (Wildman–Crippen MR) is 99.1 cm³/mol. The molecule has 10 nitrogen and oxygen atoms in total. The van der Waals surface area contributed by atoms with Crippen LogP contribution in [-0.2, 0) is 25.4 Å². The Balaban J connectivity index is 1.67. The molecule has 1 aliphatic rings. The number of nitrogens with zero attached hydrogens (tertiary/aromatic N) is 4. The summed E-state index contributed by atoms with van der Waals surface area (Å²) in [5.41, 5.74) is -0.131. The third-order valence-corrected chi connectivity index (χ3v) is 4.86. The molecule has 2 aromatic heterocycles. The minimum atomic E-state index is -0.524. The highest BCUT2D eigenvalue weighted by Gasteiger charge is 2.20. The highest BCUT2D eigenvalue weighted by Crippen LogP contribution is 2.34. The molecule has 140 valence electrons. The third kappa shape index (κ3) is 2.79. The molecule has 0 spiro atoms. The molecule has 0 radical (unpaired) electrons. The molecule has 0 saturated heterocycles. The van der Waals surface area contributed by atoms with Crippen molar-refractivity contribution >= 4 is 38.7 Å². The molecule has 0 fully saturated rings. The fourth-order valence-corrected chi connectivity index (χ4v) is 3.39. The Morgan fingerprint density at radius 3 is 2.74 bits per heavy atom. The summed E-state index contributed by atoms with van der Waals surface area (Å²) in [4.78, 5) is 41.1. The van der Waals surface area contributed by atoms with Crippen LogP contribution in [0.15, 0.2) is 32.5 Å². The quantitative estimate of drug-likeness (QED) is 0.602. The summed E-state index contributed by atoms with van der Waals surface area (Å²) in [5, 5.41) is 2.75. The summed E-state index contributed by atoms with van der Waals surface area (Å²) in [6.07, 6.45) is 0. The second kappa shape index (κ2) is 6.27. The van der Waals surface area contributed by atoms with Crippen molar-refractivity contribution in [3.05, 3.63) is 43.8 Å². The summed E-state index contributed by atoms with van der Waals surface area (Å²) in [6.45, 7) is -0.00430. The standard InChI is InChI=1S/C16H14BrN5O5/c1-20-13-12(14(24)21(2)16(20)25)19-15(17)22(13)6-11(23)18-8-3-4-9-10(5-8)27-7-26-9/h3-5H,6-7H2,1-2H3,(H,18,23). The first kappa shape index (κ1) is 17.3. The zero-order valence-corrected chi connectivity index (χ0v) is 15.9. The van der Waals surface area contributed by atoms with E-state index < -0.39 is 11.2 Å². The van der Waals surface area contributed by atoms with E-state index in [1.165, 1.54) is 23.2 Å². The van der Waals surface area contributed by atoms with Crippen LogP contribution in [0.1, 0.15) is 0 Å². The van der Waals surface area contributed by atoms with Crippen molar-refractivity contribution < 1.29 is 14.3 Å². The Labute approximate surface area is 160 Å². The van der Waals surface area contributed by atoms with Crippen LogP contribution in [0.2, 0.25) is 0 Å². The van der Waals surface area contributed by atoms with Gasteiger partial charge in [-0.05, 0) is 28.1 Å². The largest absolute Gasteiger partial charge is 0.454 e. The van der Waals surface area contributed by atoms with Gasteiger partial charge in [0.2, 0.25) is 12.7 Å². The summed E-state index contributed by atoms with van der Waals surface area (Å²) in [7, 11) is 2.90. The molecule has 1 amide bonds. The second-order valence-electron chi connectivity index (χ2n) is 5.96. The van der Waals surface area contributed by atoms with Crippen LogP contribution in [-0.4, -0.2) is 31.4 Å². The lowest BCUT2D eigenvalue weighted by molar-refractivity contribution is -0.116. The monoisotopic (exact) mass is 435 g/mol. The number of amides is 1. The van der Waals surface area contributed by atoms with Gasteiger partial charge in [-0.1, -0.05) is 0 Å². The summed E-state index contributed by atoms with van der Waals surface area (Å²) in [5.74, 6) is 0.803. The predicted octanol–water partition coefficient (Wildman–Crippen LogP) is 0.564. The van der Waals surface area contributed by atoms with Gasteiger partial charge in [0.1, 0.15) is 6.54 Å². The van der Waals surface area contributed by atoms with Gasteiger partial charge in [-0.15, -0.1) is 0 Å². The van der Waals surface area contributed by atoms with Crippen molar-refractivity contribution in [3.63, 3.8) is 0 Å². The SMILES string of the molecule is Cn1c(=O)c2nc(Br)n(CC(=O)Nc3ccc4c(c3)OCO4)c2n(C)c1=O. The van der Waals surface area contributed by atoms with Crippen molar-refractivity contribution in [3.8, 4) is 11.5 Å². The van der Waals surface area contributed by atoms with E-state index in [0.717, 1.165) is 4.57 Å². The summed E-state index contributed by atoms with van der Waals surface area (Å²) < 4.78 is 14.5. The highest BCUT2D eigenvalue weighted by molar-refractivity contribution is 9.10. The van der Waals surface area contributed by atoms with E-state index >= 15 is 0 Å². The summed E-state index contributed by atoms with van der Waals surface area (Å²) in [6, 6.07) is 5.05. The van der Waals surface area contributed by atoms with Gasteiger partial charge in [0.25, 0.3) is 5.56 Å². The number of carbonyl (C=O) groups excluding carboxylic acids is 1. The van der Waals surface area contributed by atoms with Gasteiger partial charge in [-0.2, -0.15) is 0 Å². The Hall–Kier alpha value is -3.08. The second-order valence-corrected chi connectivity index (χ2v) is 6.67. The van der Waals surface area contributed by atoms with Gasteiger partial charge in [0.15, 0.2) is 27.4 Å². The number of hydrogen-bond donors (Lipinski definition) is 1. The van der Waals surface area contributed by atoms with Crippen LogP contribution in [0.25, 0.3) is 11.2 Å². The van der Waals surface area contributed by atoms with Crippen LogP contribution < -0.4 is 26.0 Å². The molecule has 3 heterocycles. The van der Waals surface area contributed by atoms with Crippen LogP contribution in [0, 0.1) is 0 Å². The molecule has 0 unspecified atom stereocenters. The number of aromatic nitrogens is 4. The number of nitrogens with one attached hydrogen (secondary N) is 1. The third-order valence-electron chi connectivity index (χ3n) is 4.25. The van der Waals surface area contributed by atoms with Crippen molar-refractivity contribution in [1.82, 2.24) is 18.7 Å². The van der Waals surface area contributed by atoms with E-state index in [4.69, 9.17) is 9.47 Å². The number of hydrogen-bond acceptors (Lipinski definition) is 6. The molecule has 0 saturated carbocycles. The van der Waals surface area contributed by atoms with E-state index in [2.05, 4.69) is 26.2 Å². The van der Waals surface area contributed by atoms with Gasteiger partial charge < -0.3 is 14.8 Å². The van der Waals surface area contributed by atoms with E-state index in [9.17, 15) is 14.4 Å².